The molecule has 146 valence electrons. The second kappa shape index (κ2) is 13.3. The van der Waals surface area contributed by atoms with Crippen molar-refractivity contribution in [2.24, 2.45) is 0 Å². The molecule has 2 aromatic carbocycles. The normalized spacial score (nSPS) is 11.6. The van der Waals surface area contributed by atoms with Crippen LogP contribution in [0.2, 0.25) is 4.59 Å². The first kappa shape index (κ1) is 26.1. The molecular weight excluding hydrogens is 354 g/mol. The zero-order valence-electron chi connectivity index (χ0n) is 17.4. The molecular formula is C21H32LiO4P. The first-order valence-electron chi connectivity index (χ1n) is 9.37. The third kappa shape index (κ3) is 13.9. The predicted octanol–water partition coefficient (Wildman–Crippen LogP) is 5.50. The molecule has 0 aliphatic heterocycles. The first-order chi connectivity index (χ1) is 12.5. The van der Waals surface area contributed by atoms with Gasteiger partial charge in [-0.05, 0) is 43.0 Å². The Kier molecular flexibility index (Phi) is 12.9. The number of aryl methyl sites for hydroxylation is 3. The summed E-state index contributed by atoms with van der Waals surface area (Å²) in [6.07, 6.45) is 4.15. The van der Waals surface area contributed by atoms with E-state index in [9.17, 15) is 0 Å². The number of rotatable bonds is 4. The van der Waals surface area contributed by atoms with Crippen LogP contribution in [0, 0.1) is 20.8 Å². The Morgan fingerprint density at radius 2 is 1.44 bits per heavy atom. The van der Waals surface area contributed by atoms with Gasteiger partial charge < -0.3 is 14.7 Å². The fraction of sp³-hybridized carbons (Fsp3) is 0.429. The molecule has 0 spiro atoms. The number of hydrogen-bond acceptors (Lipinski definition) is 1. The van der Waals surface area contributed by atoms with Crippen LogP contribution in [-0.4, -0.2) is 32.4 Å². The summed E-state index contributed by atoms with van der Waals surface area (Å²) in [7, 11) is -4.64. The third-order valence-corrected chi connectivity index (χ3v) is 3.87. The van der Waals surface area contributed by atoms with Crippen molar-refractivity contribution in [2.75, 3.05) is 0 Å². The van der Waals surface area contributed by atoms with E-state index in [1.165, 1.54) is 47.1 Å². The van der Waals surface area contributed by atoms with E-state index in [2.05, 4.69) is 94.8 Å². The Morgan fingerprint density at radius 1 is 1.00 bits per heavy atom. The van der Waals surface area contributed by atoms with Gasteiger partial charge in [-0.3, -0.25) is 0 Å². The van der Waals surface area contributed by atoms with Gasteiger partial charge in [-0.25, -0.2) is 4.57 Å². The molecule has 0 fully saturated rings. The summed E-state index contributed by atoms with van der Waals surface area (Å²) in [6, 6.07) is 15.1. The van der Waals surface area contributed by atoms with Crippen molar-refractivity contribution in [1.29, 1.82) is 0 Å². The van der Waals surface area contributed by atoms with Gasteiger partial charge in [0.25, 0.3) is 0 Å². The SMILES string of the molecule is Cc1cc(C)c(-c2ccccc2)c(C)c1.O=P(O)(O)O.[Li][CH](C)CCCC. The van der Waals surface area contributed by atoms with E-state index < -0.39 is 7.82 Å². The number of unbranched alkanes of at least 4 members (excludes halogenated alkanes) is 1. The molecule has 6 heteroatoms. The van der Waals surface area contributed by atoms with Gasteiger partial charge in [0.1, 0.15) is 0 Å². The van der Waals surface area contributed by atoms with E-state index in [0.717, 1.165) is 4.59 Å². The molecule has 0 radical (unpaired) electrons. The van der Waals surface area contributed by atoms with E-state index in [0.29, 0.717) is 0 Å². The van der Waals surface area contributed by atoms with E-state index >= 15 is 0 Å². The molecule has 0 aromatic heterocycles. The van der Waals surface area contributed by atoms with Crippen molar-refractivity contribution in [3.8, 4) is 11.1 Å². The van der Waals surface area contributed by atoms with Crippen molar-refractivity contribution < 1.29 is 19.2 Å². The van der Waals surface area contributed by atoms with Gasteiger partial charge in [0.15, 0.2) is 0 Å². The summed E-state index contributed by atoms with van der Waals surface area (Å²) in [4.78, 5) is 21.6. The van der Waals surface area contributed by atoms with Crippen LogP contribution in [0.3, 0.4) is 0 Å². The predicted molar refractivity (Wildman–Crippen MR) is 115 cm³/mol. The van der Waals surface area contributed by atoms with Crippen LogP contribution in [0.25, 0.3) is 11.1 Å². The van der Waals surface area contributed by atoms with Gasteiger partial charge in [-0.2, -0.15) is 0 Å². The molecule has 27 heavy (non-hydrogen) atoms. The molecule has 0 bridgehead atoms. The van der Waals surface area contributed by atoms with E-state index in [4.69, 9.17) is 19.2 Å². The van der Waals surface area contributed by atoms with Crippen LogP contribution >= 0.6 is 7.82 Å². The van der Waals surface area contributed by atoms with Crippen LogP contribution in [-0.2, 0) is 4.57 Å². The molecule has 2 rings (SSSR count). The van der Waals surface area contributed by atoms with Crippen molar-refractivity contribution in [2.45, 2.75) is 58.5 Å². The molecule has 0 aliphatic carbocycles. The summed E-state index contributed by atoms with van der Waals surface area (Å²) in [5.74, 6) is 0. The van der Waals surface area contributed by atoms with Crippen molar-refractivity contribution in [3.05, 3.63) is 59.2 Å². The van der Waals surface area contributed by atoms with E-state index in [-0.39, 0.29) is 0 Å². The molecule has 0 heterocycles. The monoisotopic (exact) mass is 386 g/mol. The molecule has 0 saturated carbocycles. The standard InChI is InChI=1S/C15H16.C6H13.Li.H3O4P/c1-11-9-12(2)15(13(3)10-11)14-7-5-4-6-8-14;1-3-5-6-4-2;;1-5(2,3)4/h4-10H,1-3H3;3H,4-6H2,1-2H3;;(H3,1,2,3,4). The van der Waals surface area contributed by atoms with Crippen LogP contribution in [0.4, 0.5) is 0 Å². The molecule has 1 unspecified atom stereocenters. The summed E-state index contributed by atoms with van der Waals surface area (Å²) in [6.45, 7) is 11.0. The maximum absolute atomic E-state index is 8.88. The van der Waals surface area contributed by atoms with Gasteiger partial charge in [0.2, 0.25) is 0 Å². The molecule has 4 nitrogen and oxygen atoms in total. The van der Waals surface area contributed by atoms with Crippen LogP contribution in [0.1, 0.15) is 49.8 Å². The zero-order chi connectivity index (χ0) is 21.0. The Bertz CT molecular complexity index is 680. The molecule has 1 atom stereocenters. The number of benzene rings is 2. The molecule has 2 aromatic rings. The van der Waals surface area contributed by atoms with Gasteiger partial charge in [0, 0.05) is 0 Å². The topological polar surface area (TPSA) is 77.8 Å². The third-order valence-electron chi connectivity index (χ3n) is 3.87. The number of phosphoric acid groups is 1. The average molecular weight is 386 g/mol. The molecule has 0 saturated heterocycles. The molecule has 3 N–H and O–H groups in total. The van der Waals surface area contributed by atoms with Crippen molar-refractivity contribution in [3.63, 3.8) is 0 Å². The van der Waals surface area contributed by atoms with Crippen LogP contribution in [0.5, 0.6) is 0 Å². The summed E-state index contributed by atoms with van der Waals surface area (Å²) in [5.41, 5.74) is 6.75. The minimum absolute atomic E-state index is 0.903. The number of hydrogen-bond donors (Lipinski definition) is 3. The summed E-state index contributed by atoms with van der Waals surface area (Å²) >= 11 is 2.27. The van der Waals surface area contributed by atoms with Gasteiger partial charge in [0.05, 0.1) is 0 Å². The van der Waals surface area contributed by atoms with Crippen LogP contribution in [0.15, 0.2) is 42.5 Å². The Morgan fingerprint density at radius 3 is 1.78 bits per heavy atom. The van der Waals surface area contributed by atoms with Gasteiger partial charge >= 0.3 is 63.2 Å². The van der Waals surface area contributed by atoms with E-state index in [1.54, 1.807) is 0 Å². The van der Waals surface area contributed by atoms with E-state index in [1.807, 2.05) is 0 Å². The van der Waals surface area contributed by atoms with Gasteiger partial charge in [-0.15, -0.1) is 0 Å². The second-order valence-corrected chi connectivity index (χ2v) is 8.22. The molecule has 0 amide bonds. The molecule has 0 aliphatic rings. The summed E-state index contributed by atoms with van der Waals surface area (Å²) < 4.78 is 9.78. The Hall–Kier alpha value is -0.853. The second-order valence-electron chi connectivity index (χ2n) is 7.19. The maximum atomic E-state index is 8.88. The quantitative estimate of drug-likeness (QED) is 0.479. The Labute approximate surface area is 173 Å². The fourth-order valence-corrected chi connectivity index (χ4v) is 2.85. The fourth-order valence-electron chi connectivity index (χ4n) is 2.85. The average Bonchev–Trinajstić information content (AvgIpc) is 2.52. The Balaban J connectivity index is 0.000000472. The summed E-state index contributed by atoms with van der Waals surface area (Å²) in [5, 5.41) is 0. The van der Waals surface area contributed by atoms with Crippen LogP contribution < -0.4 is 0 Å². The van der Waals surface area contributed by atoms with Crippen molar-refractivity contribution in [1.82, 2.24) is 0 Å². The zero-order valence-corrected chi connectivity index (χ0v) is 18.3. The van der Waals surface area contributed by atoms with Gasteiger partial charge in [-0.1, -0.05) is 48.0 Å². The van der Waals surface area contributed by atoms with Crippen molar-refractivity contribution >= 4 is 25.5 Å². The minimum atomic E-state index is -4.64. The first-order valence-corrected chi connectivity index (χ1v) is 10.9.